The Morgan fingerprint density at radius 3 is 2.68 bits per heavy atom. The van der Waals surface area contributed by atoms with Crippen LogP contribution in [-0.2, 0) is 16.4 Å². The zero-order chi connectivity index (χ0) is 16.3. The maximum Gasteiger partial charge on any atom is 0.244 e. The van der Waals surface area contributed by atoms with Crippen molar-refractivity contribution in [3.8, 4) is 5.75 Å². The van der Waals surface area contributed by atoms with Gasteiger partial charge in [0, 0.05) is 17.1 Å². The van der Waals surface area contributed by atoms with Gasteiger partial charge < -0.3 is 9.26 Å². The summed E-state index contributed by atoms with van der Waals surface area (Å²) in [5.41, 5.74) is 1.66. The third-order valence-electron chi connectivity index (χ3n) is 3.26. The standard InChI is InChI=1S/C14H17ClN2O4S/c1-9-12(10(2)21-17-9)6-7-16-22(18,19)14-8-11(15)4-5-13(14)20-3/h4-5,8,16H,6-7H2,1-3H3. The summed E-state index contributed by atoms with van der Waals surface area (Å²) in [7, 11) is -2.31. The van der Waals surface area contributed by atoms with Crippen LogP contribution in [0.5, 0.6) is 5.75 Å². The first kappa shape index (κ1) is 16.8. The average Bonchev–Trinajstić information content (AvgIpc) is 2.79. The van der Waals surface area contributed by atoms with Crippen LogP contribution in [0.3, 0.4) is 0 Å². The molecule has 1 aromatic carbocycles. The molecule has 0 fully saturated rings. The van der Waals surface area contributed by atoms with E-state index in [1.54, 1.807) is 13.0 Å². The molecule has 0 radical (unpaired) electrons. The molecular formula is C14H17ClN2O4S. The Morgan fingerprint density at radius 2 is 2.09 bits per heavy atom. The summed E-state index contributed by atoms with van der Waals surface area (Å²) in [5, 5.41) is 4.16. The molecule has 0 bridgehead atoms. The van der Waals surface area contributed by atoms with E-state index in [4.69, 9.17) is 20.9 Å². The Balaban J connectivity index is 2.14. The first-order valence-corrected chi connectivity index (χ1v) is 8.46. The molecule has 2 rings (SSSR count). The van der Waals surface area contributed by atoms with Crippen LogP contribution in [-0.4, -0.2) is 27.2 Å². The maximum atomic E-state index is 12.4. The smallest absolute Gasteiger partial charge is 0.244 e. The molecule has 0 amide bonds. The molecule has 120 valence electrons. The predicted molar refractivity (Wildman–Crippen MR) is 82.9 cm³/mol. The van der Waals surface area contributed by atoms with Gasteiger partial charge in [0.2, 0.25) is 10.0 Å². The van der Waals surface area contributed by atoms with E-state index in [-0.39, 0.29) is 17.2 Å². The molecule has 22 heavy (non-hydrogen) atoms. The number of hydrogen-bond acceptors (Lipinski definition) is 5. The molecule has 1 N–H and O–H groups in total. The van der Waals surface area contributed by atoms with E-state index in [2.05, 4.69) is 9.88 Å². The largest absolute Gasteiger partial charge is 0.495 e. The summed E-state index contributed by atoms with van der Waals surface area (Å²) in [5.74, 6) is 0.936. The molecule has 6 nitrogen and oxygen atoms in total. The minimum atomic E-state index is -3.71. The Morgan fingerprint density at radius 1 is 1.36 bits per heavy atom. The summed E-state index contributed by atoms with van der Waals surface area (Å²) in [4.78, 5) is 0.0151. The predicted octanol–water partition coefficient (Wildman–Crippen LogP) is 2.47. The van der Waals surface area contributed by atoms with Crippen LogP contribution in [0, 0.1) is 13.8 Å². The minimum Gasteiger partial charge on any atom is -0.495 e. The normalized spacial score (nSPS) is 11.6. The summed E-state index contributed by atoms with van der Waals surface area (Å²) in [6.45, 7) is 3.84. The van der Waals surface area contributed by atoms with Crippen molar-refractivity contribution in [3.05, 3.63) is 40.2 Å². The van der Waals surface area contributed by atoms with E-state index in [1.807, 2.05) is 6.92 Å². The van der Waals surface area contributed by atoms with Crippen LogP contribution in [0.4, 0.5) is 0 Å². The highest BCUT2D eigenvalue weighted by molar-refractivity contribution is 7.89. The fourth-order valence-corrected chi connectivity index (χ4v) is 3.57. The van der Waals surface area contributed by atoms with Crippen molar-refractivity contribution in [2.45, 2.75) is 25.2 Å². The Hall–Kier alpha value is -1.57. The molecule has 0 unspecified atom stereocenters. The van der Waals surface area contributed by atoms with Crippen molar-refractivity contribution in [1.29, 1.82) is 0 Å². The number of ether oxygens (including phenoxy) is 1. The third kappa shape index (κ3) is 3.60. The molecule has 8 heteroatoms. The van der Waals surface area contributed by atoms with Crippen LogP contribution in [0.1, 0.15) is 17.0 Å². The van der Waals surface area contributed by atoms with Gasteiger partial charge in [0.05, 0.1) is 12.8 Å². The number of nitrogens with one attached hydrogen (secondary N) is 1. The number of rotatable bonds is 6. The van der Waals surface area contributed by atoms with Crippen molar-refractivity contribution in [3.63, 3.8) is 0 Å². The molecule has 0 saturated carbocycles. The van der Waals surface area contributed by atoms with Gasteiger partial charge in [-0.2, -0.15) is 0 Å². The number of sulfonamides is 1. The first-order chi connectivity index (χ1) is 10.3. The SMILES string of the molecule is COc1ccc(Cl)cc1S(=O)(=O)NCCc1c(C)noc1C. The highest BCUT2D eigenvalue weighted by Gasteiger charge is 2.20. The Kier molecular flexibility index (Phi) is 5.10. The number of nitrogens with zero attached hydrogens (tertiary/aromatic N) is 1. The number of aromatic nitrogens is 1. The minimum absolute atomic E-state index is 0.0151. The zero-order valence-corrected chi connectivity index (χ0v) is 14.1. The number of methoxy groups -OCH3 is 1. The van der Waals surface area contributed by atoms with E-state index in [1.165, 1.54) is 19.2 Å². The first-order valence-electron chi connectivity index (χ1n) is 6.60. The molecule has 0 aliphatic rings. The highest BCUT2D eigenvalue weighted by Crippen LogP contribution is 2.26. The van der Waals surface area contributed by atoms with E-state index in [0.29, 0.717) is 17.2 Å². The monoisotopic (exact) mass is 344 g/mol. The Bertz CT molecular complexity index is 752. The van der Waals surface area contributed by atoms with Crippen LogP contribution < -0.4 is 9.46 Å². The molecule has 0 saturated heterocycles. The van der Waals surface area contributed by atoms with Crippen LogP contribution in [0.2, 0.25) is 5.02 Å². The average molecular weight is 345 g/mol. The van der Waals surface area contributed by atoms with Gasteiger partial charge in [-0.3, -0.25) is 0 Å². The van der Waals surface area contributed by atoms with Crippen molar-refractivity contribution >= 4 is 21.6 Å². The van der Waals surface area contributed by atoms with Crippen molar-refractivity contribution in [1.82, 2.24) is 9.88 Å². The van der Waals surface area contributed by atoms with Gasteiger partial charge in [-0.1, -0.05) is 16.8 Å². The fraction of sp³-hybridized carbons (Fsp3) is 0.357. The van der Waals surface area contributed by atoms with Gasteiger partial charge in [-0.25, -0.2) is 13.1 Å². The van der Waals surface area contributed by atoms with Gasteiger partial charge in [0.25, 0.3) is 0 Å². The molecular weight excluding hydrogens is 328 g/mol. The fourth-order valence-electron chi connectivity index (χ4n) is 2.11. The summed E-state index contributed by atoms with van der Waals surface area (Å²) in [6.07, 6.45) is 0.489. The number of aryl methyl sites for hydroxylation is 2. The molecule has 1 heterocycles. The van der Waals surface area contributed by atoms with E-state index in [9.17, 15) is 8.42 Å². The van der Waals surface area contributed by atoms with E-state index >= 15 is 0 Å². The topological polar surface area (TPSA) is 81.4 Å². The van der Waals surface area contributed by atoms with Crippen molar-refractivity contribution in [2.24, 2.45) is 0 Å². The lowest BCUT2D eigenvalue weighted by Gasteiger charge is -2.11. The van der Waals surface area contributed by atoms with Gasteiger partial charge in [-0.05, 0) is 38.5 Å². The zero-order valence-electron chi connectivity index (χ0n) is 12.5. The van der Waals surface area contributed by atoms with E-state index in [0.717, 1.165) is 11.3 Å². The molecule has 0 atom stereocenters. The van der Waals surface area contributed by atoms with Gasteiger partial charge in [-0.15, -0.1) is 0 Å². The summed E-state index contributed by atoms with van der Waals surface area (Å²) >= 11 is 5.87. The second-order valence-corrected chi connectivity index (χ2v) is 6.92. The van der Waals surface area contributed by atoms with Crippen LogP contribution in [0.15, 0.2) is 27.6 Å². The second kappa shape index (κ2) is 6.68. The molecule has 0 aliphatic carbocycles. The van der Waals surface area contributed by atoms with Crippen molar-refractivity contribution in [2.75, 3.05) is 13.7 Å². The lowest BCUT2D eigenvalue weighted by Crippen LogP contribution is -2.26. The van der Waals surface area contributed by atoms with Crippen LogP contribution in [0.25, 0.3) is 0 Å². The van der Waals surface area contributed by atoms with Gasteiger partial charge in [0.15, 0.2) is 0 Å². The molecule has 1 aromatic heterocycles. The number of hydrogen-bond donors (Lipinski definition) is 1. The summed E-state index contributed by atoms with van der Waals surface area (Å²) < 4.78 is 37.4. The Labute approximate surface area is 134 Å². The van der Waals surface area contributed by atoms with E-state index < -0.39 is 10.0 Å². The maximum absolute atomic E-state index is 12.4. The van der Waals surface area contributed by atoms with Gasteiger partial charge >= 0.3 is 0 Å². The highest BCUT2D eigenvalue weighted by atomic mass is 35.5. The number of benzene rings is 1. The lowest BCUT2D eigenvalue weighted by molar-refractivity contribution is 0.392. The number of halogens is 1. The molecule has 0 spiro atoms. The molecule has 2 aromatic rings. The third-order valence-corrected chi connectivity index (χ3v) is 4.98. The van der Waals surface area contributed by atoms with Crippen molar-refractivity contribution < 1.29 is 17.7 Å². The van der Waals surface area contributed by atoms with Gasteiger partial charge in [0.1, 0.15) is 16.4 Å². The molecule has 0 aliphatic heterocycles. The lowest BCUT2D eigenvalue weighted by atomic mass is 10.1. The van der Waals surface area contributed by atoms with Crippen LogP contribution >= 0.6 is 11.6 Å². The quantitative estimate of drug-likeness (QED) is 0.870. The summed E-state index contributed by atoms with van der Waals surface area (Å²) in [6, 6.07) is 4.45. The second-order valence-electron chi connectivity index (χ2n) is 4.75.